The molecular formula is C30H28F6N7O3-. The molecule has 1 aliphatic rings. The molecule has 244 valence electrons. The molecule has 0 saturated carbocycles. The number of amides is 3. The second kappa shape index (κ2) is 11.4. The van der Waals surface area contributed by atoms with Crippen LogP contribution in [0.4, 0.5) is 53.1 Å². The number of anilines is 3. The van der Waals surface area contributed by atoms with Crippen molar-refractivity contribution in [1.82, 2.24) is 19.5 Å². The van der Waals surface area contributed by atoms with Crippen molar-refractivity contribution in [1.29, 1.82) is 0 Å². The Morgan fingerprint density at radius 3 is 2.24 bits per heavy atom. The van der Waals surface area contributed by atoms with Crippen molar-refractivity contribution in [3.8, 4) is 11.1 Å². The van der Waals surface area contributed by atoms with Crippen LogP contribution in [-0.4, -0.2) is 38.2 Å². The van der Waals surface area contributed by atoms with Gasteiger partial charge < -0.3 is 31.2 Å². The topological polar surface area (TPSA) is 141 Å². The summed E-state index contributed by atoms with van der Waals surface area (Å²) in [5.74, 6) is -3.52. The first-order valence-electron chi connectivity index (χ1n) is 14.0. The van der Waals surface area contributed by atoms with Gasteiger partial charge in [-0.05, 0) is 55.0 Å². The third-order valence-electron chi connectivity index (χ3n) is 8.24. The molecule has 4 aromatic rings. The van der Waals surface area contributed by atoms with Crippen LogP contribution in [0.2, 0.25) is 0 Å². The predicted molar refractivity (Wildman–Crippen MR) is 154 cm³/mol. The van der Waals surface area contributed by atoms with E-state index in [0.717, 1.165) is 12.4 Å². The highest BCUT2D eigenvalue weighted by atomic mass is 19.4. The molecule has 0 bridgehead atoms. The van der Waals surface area contributed by atoms with Crippen molar-refractivity contribution in [2.45, 2.75) is 51.7 Å². The second-order valence-electron chi connectivity index (χ2n) is 11.9. The number of piperidine rings is 1. The number of hydrogen-bond acceptors (Lipinski definition) is 6. The summed E-state index contributed by atoms with van der Waals surface area (Å²) >= 11 is 0. The highest BCUT2D eigenvalue weighted by Crippen LogP contribution is 2.52. The Hall–Kier alpha value is -5.02. The largest absolute Gasteiger partial charge is 0.530 e. The van der Waals surface area contributed by atoms with Crippen molar-refractivity contribution >= 4 is 34.8 Å². The van der Waals surface area contributed by atoms with Crippen LogP contribution in [-0.2, 0) is 11.7 Å². The molecule has 2 aromatic heterocycles. The third-order valence-corrected chi connectivity index (χ3v) is 8.24. The molecule has 2 aromatic carbocycles. The minimum Gasteiger partial charge on any atom is -0.530 e. The Morgan fingerprint density at radius 1 is 0.935 bits per heavy atom. The number of nitrogens with one attached hydrogen (secondary N) is 2. The smallest absolute Gasteiger partial charge is 0.416 e. The van der Waals surface area contributed by atoms with Gasteiger partial charge in [0.05, 0.1) is 28.2 Å². The average Bonchev–Trinajstić information content (AvgIpc) is 3.35. The van der Waals surface area contributed by atoms with E-state index in [-0.39, 0.29) is 29.0 Å². The highest BCUT2D eigenvalue weighted by molar-refractivity contribution is 6.00. The van der Waals surface area contributed by atoms with Crippen molar-refractivity contribution < 1.29 is 41.0 Å². The van der Waals surface area contributed by atoms with Crippen molar-refractivity contribution in [3.05, 3.63) is 71.4 Å². The van der Waals surface area contributed by atoms with Crippen molar-refractivity contribution in [2.24, 2.45) is 5.41 Å². The molecule has 16 heteroatoms. The lowest BCUT2D eigenvalue weighted by atomic mass is 9.66. The van der Waals surface area contributed by atoms with Gasteiger partial charge in [-0.3, -0.25) is 0 Å². The fourth-order valence-electron chi connectivity index (χ4n) is 6.14. The van der Waals surface area contributed by atoms with Gasteiger partial charge in [0.2, 0.25) is 0 Å². The Labute approximate surface area is 258 Å². The maximum absolute atomic E-state index is 15.8. The van der Waals surface area contributed by atoms with E-state index in [9.17, 15) is 32.3 Å². The van der Waals surface area contributed by atoms with Crippen LogP contribution in [0, 0.1) is 22.9 Å². The second-order valence-corrected chi connectivity index (χ2v) is 11.9. The first-order chi connectivity index (χ1) is 21.5. The molecule has 1 unspecified atom stereocenters. The van der Waals surface area contributed by atoms with Crippen LogP contribution in [0.1, 0.15) is 51.3 Å². The van der Waals surface area contributed by atoms with Gasteiger partial charge in [0, 0.05) is 23.7 Å². The van der Waals surface area contributed by atoms with E-state index < -0.39 is 63.6 Å². The Bertz CT molecular complexity index is 1850. The van der Waals surface area contributed by atoms with E-state index in [1.165, 1.54) is 15.5 Å². The van der Waals surface area contributed by atoms with E-state index in [4.69, 9.17) is 5.73 Å². The highest BCUT2D eigenvalue weighted by Gasteiger charge is 2.52. The summed E-state index contributed by atoms with van der Waals surface area (Å²) in [7, 11) is 0. The zero-order chi connectivity index (χ0) is 33.8. The van der Waals surface area contributed by atoms with Crippen LogP contribution < -0.4 is 21.5 Å². The van der Waals surface area contributed by atoms with Crippen LogP contribution in [0.3, 0.4) is 0 Å². The normalized spacial score (nSPS) is 17.3. The van der Waals surface area contributed by atoms with Crippen LogP contribution in [0.25, 0.3) is 16.6 Å². The van der Waals surface area contributed by atoms with Gasteiger partial charge in [-0.25, -0.2) is 27.5 Å². The standard InChI is InChI=1S/C30H29F6N7O3/c1-28(2,3)29(8-4-5-9-42(29)27(45)46)23-12-17(24-25(37)38-14-39-43(23)24)16-11-20(33)22(13-19(16)32)41-26(44)40-21-10-15(30(34,35)36)6-7-18(21)31/h6-7,10-14H,4-5,8-9H2,1-3H3,(H,45,46)(H2,37,38,39)(H2,40,41,44)/p-1. The summed E-state index contributed by atoms with van der Waals surface area (Å²) in [5, 5.41) is 20.5. The van der Waals surface area contributed by atoms with Gasteiger partial charge in [-0.1, -0.05) is 20.8 Å². The number of urea groups is 1. The molecule has 0 spiro atoms. The maximum Gasteiger partial charge on any atom is 0.416 e. The molecule has 1 saturated heterocycles. The zero-order valence-electron chi connectivity index (χ0n) is 24.7. The lowest BCUT2D eigenvalue weighted by Gasteiger charge is -2.55. The summed E-state index contributed by atoms with van der Waals surface area (Å²) in [6.07, 6.45) is -3.49. The molecular weight excluding hydrogens is 620 g/mol. The molecule has 0 radical (unpaired) electrons. The monoisotopic (exact) mass is 648 g/mol. The number of nitrogens with zero attached hydrogens (tertiary/aromatic N) is 4. The quantitative estimate of drug-likeness (QED) is 0.228. The van der Waals surface area contributed by atoms with Gasteiger partial charge in [0.15, 0.2) is 5.82 Å². The number of halogens is 6. The molecule has 1 aliphatic heterocycles. The number of aromatic nitrogens is 3. The molecule has 10 nitrogen and oxygen atoms in total. The summed E-state index contributed by atoms with van der Waals surface area (Å²) in [4.78, 5) is 30.1. The summed E-state index contributed by atoms with van der Waals surface area (Å²) < 4.78 is 85.7. The van der Waals surface area contributed by atoms with Crippen molar-refractivity contribution in [2.75, 3.05) is 22.9 Å². The molecule has 3 amide bonds. The third kappa shape index (κ3) is 5.51. The van der Waals surface area contributed by atoms with Gasteiger partial charge in [0.1, 0.15) is 35.4 Å². The van der Waals surface area contributed by atoms with E-state index in [1.807, 2.05) is 31.4 Å². The summed E-state index contributed by atoms with van der Waals surface area (Å²) in [6.45, 7) is 5.69. The summed E-state index contributed by atoms with van der Waals surface area (Å²) in [6, 6.07) is 2.85. The number of carboxylic acid groups (broad SMARTS) is 1. The van der Waals surface area contributed by atoms with E-state index in [0.29, 0.717) is 49.2 Å². The van der Waals surface area contributed by atoms with E-state index in [1.54, 1.807) is 0 Å². The fraction of sp³-hybridized carbons (Fsp3) is 0.333. The Balaban J connectivity index is 1.57. The number of fused-ring (bicyclic) bond motifs is 1. The lowest BCUT2D eigenvalue weighted by molar-refractivity contribution is -0.279. The number of nitrogens with two attached hydrogens (primary N) is 1. The number of nitrogen functional groups attached to an aromatic ring is 1. The average molecular weight is 649 g/mol. The van der Waals surface area contributed by atoms with Gasteiger partial charge in [0.25, 0.3) is 0 Å². The maximum atomic E-state index is 15.8. The number of likely N-dealkylation sites (tertiary alicyclic amines) is 1. The van der Waals surface area contributed by atoms with E-state index >= 15 is 8.78 Å². The Kier molecular flexibility index (Phi) is 8.03. The number of alkyl halides is 3. The van der Waals surface area contributed by atoms with Gasteiger partial charge in [-0.2, -0.15) is 18.3 Å². The van der Waals surface area contributed by atoms with Crippen LogP contribution in [0.15, 0.2) is 42.7 Å². The first kappa shape index (κ1) is 32.4. The Morgan fingerprint density at radius 2 is 1.61 bits per heavy atom. The number of rotatable bonds is 4. The minimum atomic E-state index is -4.82. The van der Waals surface area contributed by atoms with Crippen LogP contribution >= 0.6 is 0 Å². The van der Waals surface area contributed by atoms with Gasteiger partial charge >= 0.3 is 12.2 Å². The zero-order valence-corrected chi connectivity index (χ0v) is 24.7. The molecule has 0 aliphatic carbocycles. The number of benzene rings is 2. The lowest BCUT2D eigenvalue weighted by Crippen LogP contribution is -2.62. The molecule has 3 heterocycles. The predicted octanol–water partition coefficient (Wildman–Crippen LogP) is 6.13. The molecule has 46 heavy (non-hydrogen) atoms. The summed E-state index contributed by atoms with van der Waals surface area (Å²) in [5.41, 5.74) is 1.53. The molecule has 1 fully saturated rings. The number of carbonyl (C=O) groups is 2. The minimum absolute atomic E-state index is 0.0269. The van der Waals surface area contributed by atoms with E-state index in [2.05, 4.69) is 10.1 Å². The van der Waals surface area contributed by atoms with Crippen LogP contribution in [0.5, 0.6) is 0 Å². The molecule has 4 N–H and O–H groups in total. The fourth-order valence-corrected chi connectivity index (χ4v) is 6.14. The van der Waals surface area contributed by atoms with Gasteiger partial charge in [-0.15, -0.1) is 0 Å². The number of carbonyl (C=O) groups excluding carboxylic acids is 2. The molecule has 1 atom stereocenters. The molecule has 5 rings (SSSR count). The SMILES string of the molecule is CC(C)(C)C1(c2cc(-c3cc(F)c(NC(=O)Nc4cc(C(F)(F)F)ccc4F)cc3F)c3c(N)ncnn23)CCCCN1C(=O)[O-]. The van der Waals surface area contributed by atoms with Crippen molar-refractivity contribution in [3.63, 3.8) is 0 Å². The number of hydrogen-bond donors (Lipinski definition) is 3. The first-order valence-corrected chi connectivity index (χ1v) is 14.0.